The third-order valence-electron chi connectivity index (χ3n) is 2.67. The highest BCUT2D eigenvalue weighted by atomic mass is 16.5. The summed E-state index contributed by atoms with van der Waals surface area (Å²) >= 11 is 0. The van der Waals surface area contributed by atoms with Gasteiger partial charge >= 0.3 is 5.97 Å². The summed E-state index contributed by atoms with van der Waals surface area (Å²) in [5.74, 6) is -0.360. The molecule has 0 spiro atoms. The van der Waals surface area contributed by atoms with Crippen molar-refractivity contribution >= 4 is 17.7 Å². The summed E-state index contributed by atoms with van der Waals surface area (Å²) in [5, 5.41) is 0. The van der Waals surface area contributed by atoms with Crippen molar-refractivity contribution in [3.8, 4) is 0 Å². The van der Waals surface area contributed by atoms with E-state index in [0.717, 1.165) is 0 Å². The maximum absolute atomic E-state index is 11.5. The zero-order valence-corrected chi connectivity index (χ0v) is 11.0. The minimum atomic E-state index is -0.654. The Bertz CT molecular complexity index is 491. The van der Waals surface area contributed by atoms with Crippen LogP contribution in [-0.4, -0.2) is 28.5 Å². The number of carbonyl (C=O) groups is 2. The van der Waals surface area contributed by atoms with Crippen LogP contribution in [0.4, 0.5) is 5.82 Å². The summed E-state index contributed by atoms with van der Waals surface area (Å²) in [6.07, 6.45) is 0.0923. The number of esters is 1. The Balaban J connectivity index is 3.29. The fourth-order valence-electron chi connectivity index (χ4n) is 2.07. The van der Waals surface area contributed by atoms with Gasteiger partial charge in [0.05, 0.1) is 12.6 Å². The number of carbonyl (C=O) groups excluding carboxylic acids is 2. The summed E-state index contributed by atoms with van der Waals surface area (Å²) in [6, 6.07) is 0. The molecule has 1 heterocycles. The Hall–Kier alpha value is -2.05. The molecule has 0 fully saturated rings. The van der Waals surface area contributed by atoms with Crippen LogP contribution in [0.25, 0.3) is 0 Å². The molecule has 0 aliphatic heterocycles. The minimum Gasteiger partial charge on any atom is -0.464 e. The quantitative estimate of drug-likeness (QED) is 0.743. The number of ether oxygens (including phenoxy) is 1. The van der Waals surface area contributed by atoms with E-state index < -0.39 is 17.4 Å². The molecule has 0 unspecified atom stereocenters. The average molecular weight is 254 g/mol. The highest BCUT2D eigenvalue weighted by Crippen LogP contribution is 2.27. The standard InChI is InChI=1S/C11H18N4O3/c1-6-14-8(10(17)18-4)9(13)15(6)11(2,3)5-7(12)16/h5,13H2,1-4H3,(H2,12,16). The average Bonchev–Trinajstić information content (AvgIpc) is 2.51. The molecule has 0 radical (unpaired) electrons. The lowest BCUT2D eigenvalue weighted by Crippen LogP contribution is -2.34. The normalized spacial score (nSPS) is 11.3. The molecule has 1 amide bonds. The molecule has 0 aromatic carbocycles. The number of anilines is 1. The van der Waals surface area contributed by atoms with Crippen molar-refractivity contribution in [2.75, 3.05) is 12.8 Å². The third kappa shape index (κ3) is 2.44. The van der Waals surface area contributed by atoms with Gasteiger partial charge in [0, 0.05) is 6.42 Å². The van der Waals surface area contributed by atoms with Gasteiger partial charge in [-0.25, -0.2) is 9.78 Å². The third-order valence-corrected chi connectivity index (χ3v) is 2.67. The molecule has 0 saturated carbocycles. The molecular weight excluding hydrogens is 236 g/mol. The minimum absolute atomic E-state index is 0.0487. The van der Waals surface area contributed by atoms with Gasteiger partial charge in [0.15, 0.2) is 5.69 Å². The molecular formula is C11H18N4O3. The van der Waals surface area contributed by atoms with E-state index in [2.05, 4.69) is 9.72 Å². The number of aromatic nitrogens is 2. The molecule has 4 N–H and O–H groups in total. The van der Waals surface area contributed by atoms with E-state index in [1.807, 2.05) is 0 Å². The lowest BCUT2D eigenvalue weighted by molar-refractivity contribution is -0.119. The lowest BCUT2D eigenvalue weighted by Gasteiger charge is -2.27. The second-order valence-corrected chi connectivity index (χ2v) is 4.68. The molecule has 0 aliphatic carbocycles. The van der Waals surface area contributed by atoms with Crippen molar-refractivity contribution in [3.05, 3.63) is 11.5 Å². The lowest BCUT2D eigenvalue weighted by atomic mass is 9.99. The predicted octanol–water partition coefficient (Wildman–Crippen LogP) is 0.171. The Labute approximate surface area is 105 Å². The van der Waals surface area contributed by atoms with Crippen LogP contribution in [0.1, 0.15) is 36.6 Å². The number of methoxy groups -OCH3 is 1. The van der Waals surface area contributed by atoms with Gasteiger partial charge in [-0.05, 0) is 20.8 Å². The Morgan fingerprint density at radius 3 is 2.44 bits per heavy atom. The number of nitrogen functional groups attached to an aromatic ring is 1. The van der Waals surface area contributed by atoms with E-state index in [0.29, 0.717) is 5.82 Å². The zero-order valence-electron chi connectivity index (χ0n) is 11.0. The van der Waals surface area contributed by atoms with Crippen LogP contribution in [0.15, 0.2) is 0 Å². The number of hydrogen-bond donors (Lipinski definition) is 2. The van der Waals surface area contributed by atoms with E-state index >= 15 is 0 Å². The summed E-state index contributed by atoms with van der Waals surface area (Å²) < 4.78 is 6.21. The van der Waals surface area contributed by atoms with Crippen LogP contribution in [0, 0.1) is 6.92 Å². The molecule has 0 saturated heterocycles. The Morgan fingerprint density at radius 2 is 2.00 bits per heavy atom. The monoisotopic (exact) mass is 254 g/mol. The van der Waals surface area contributed by atoms with Gasteiger partial charge in [0.2, 0.25) is 5.91 Å². The molecule has 0 atom stereocenters. The summed E-state index contributed by atoms with van der Waals surface area (Å²) in [4.78, 5) is 26.6. The van der Waals surface area contributed by atoms with Gasteiger partial charge in [-0.3, -0.25) is 4.79 Å². The van der Waals surface area contributed by atoms with Crippen LogP contribution in [-0.2, 0) is 15.1 Å². The van der Waals surface area contributed by atoms with Gasteiger partial charge in [0.25, 0.3) is 0 Å². The second kappa shape index (κ2) is 4.67. The van der Waals surface area contributed by atoms with Crippen molar-refractivity contribution in [2.24, 2.45) is 5.73 Å². The van der Waals surface area contributed by atoms with Gasteiger partial charge in [-0.15, -0.1) is 0 Å². The number of nitrogens with two attached hydrogens (primary N) is 2. The van der Waals surface area contributed by atoms with E-state index in [4.69, 9.17) is 11.5 Å². The van der Waals surface area contributed by atoms with E-state index in [-0.39, 0.29) is 17.9 Å². The highest BCUT2D eigenvalue weighted by molar-refractivity contribution is 5.92. The fourth-order valence-corrected chi connectivity index (χ4v) is 2.07. The summed E-state index contributed by atoms with van der Waals surface area (Å²) in [5.41, 5.74) is 10.5. The molecule has 0 aliphatic rings. The molecule has 1 aromatic heterocycles. The first-order valence-corrected chi connectivity index (χ1v) is 5.42. The molecule has 7 heteroatoms. The Morgan fingerprint density at radius 1 is 1.44 bits per heavy atom. The van der Waals surface area contributed by atoms with Crippen molar-refractivity contribution < 1.29 is 14.3 Å². The van der Waals surface area contributed by atoms with Crippen LogP contribution in [0.2, 0.25) is 0 Å². The first-order chi connectivity index (χ1) is 8.20. The fraction of sp³-hybridized carbons (Fsp3) is 0.545. The van der Waals surface area contributed by atoms with Gasteiger partial charge < -0.3 is 20.8 Å². The number of aryl methyl sites for hydroxylation is 1. The zero-order chi connectivity index (χ0) is 14.1. The van der Waals surface area contributed by atoms with Crippen molar-refractivity contribution in [3.63, 3.8) is 0 Å². The largest absolute Gasteiger partial charge is 0.464 e. The van der Waals surface area contributed by atoms with Crippen LogP contribution in [0.5, 0.6) is 0 Å². The van der Waals surface area contributed by atoms with E-state index in [1.165, 1.54) is 7.11 Å². The van der Waals surface area contributed by atoms with Crippen LogP contribution >= 0.6 is 0 Å². The number of rotatable bonds is 4. The smallest absolute Gasteiger partial charge is 0.360 e. The molecule has 1 rings (SSSR count). The SMILES string of the molecule is COC(=O)c1nc(C)n(C(C)(C)CC(N)=O)c1N. The van der Waals surface area contributed by atoms with Crippen molar-refractivity contribution in [2.45, 2.75) is 32.7 Å². The van der Waals surface area contributed by atoms with Crippen molar-refractivity contribution in [1.82, 2.24) is 9.55 Å². The maximum Gasteiger partial charge on any atom is 0.360 e. The summed E-state index contributed by atoms with van der Waals surface area (Å²) in [7, 11) is 1.25. The number of amides is 1. The first-order valence-electron chi connectivity index (χ1n) is 5.42. The predicted molar refractivity (Wildman–Crippen MR) is 65.8 cm³/mol. The molecule has 18 heavy (non-hydrogen) atoms. The number of nitrogens with zero attached hydrogens (tertiary/aromatic N) is 2. The highest BCUT2D eigenvalue weighted by Gasteiger charge is 2.30. The molecule has 1 aromatic rings. The summed E-state index contributed by atoms with van der Waals surface area (Å²) in [6.45, 7) is 5.29. The van der Waals surface area contributed by atoms with Gasteiger partial charge in [0.1, 0.15) is 11.6 Å². The number of primary amides is 1. The Kier molecular flexibility index (Phi) is 3.64. The second-order valence-electron chi connectivity index (χ2n) is 4.68. The topological polar surface area (TPSA) is 113 Å². The number of imidazole rings is 1. The van der Waals surface area contributed by atoms with Crippen LogP contribution in [0.3, 0.4) is 0 Å². The molecule has 7 nitrogen and oxygen atoms in total. The van der Waals surface area contributed by atoms with E-state index in [9.17, 15) is 9.59 Å². The molecule has 0 bridgehead atoms. The van der Waals surface area contributed by atoms with Crippen molar-refractivity contribution in [1.29, 1.82) is 0 Å². The maximum atomic E-state index is 11.5. The van der Waals surface area contributed by atoms with Gasteiger partial charge in [-0.2, -0.15) is 0 Å². The number of hydrogen-bond acceptors (Lipinski definition) is 5. The molecule has 100 valence electrons. The van der Waals surface area contributed by atoms with E-state index in [1.54, 1.807) is 25.3 Å². The van der Waals surface area contributed by atoms with Gasteiger partial charge in [-0.1, -0.05) is 0 Å². The van der Waals surface area contributed by atoms with Crippen LogP contribution < -0.4 is 11.5 Å². The first kappa shape index (κ1) is 14.0.